The Bertz CT molecular complexity index is 411. The van der Waals surface area contributed by atoms with Crippen LogP contribution in [0.2, 0.25) is 5.02 Å². The minimum absolute atomic E-state index is 0.279. The molecule has 1 aromatic carbocycles. The first-order valence-corrected chi connectivity index (χ1v) is 7.19. The number of piperidine rings is 1. The van der Waals surface area contributed by atoms with Crippen molar-refractivity contribution >= 4 is 28.9 Å². The summed E-state index contributed by atoms with van der Waals surface area (Å²) in [5.41, 5.74) is 2.16. The van der Waals surface area contributed by atoms with Gasteiger partial charge >= 0.3 is 0 Å². The van der Waals surface area contributed by atoms with Gasteiger partial charge in [0, 0.05) is 36.5 Å². The Balaban J connectivity index is 2.24. The van der Waals surface area contributed by atoms with Crippen molar-refractivity contribution in [3.8, 4) is 0 Å². The van der Waals surface area contributed by atoms with Crippen LogP contribution in [-0.4, -0.2) is 26.3 Å². The molecule has 0 aliphatic carbocycles. The van der Waals surface area contributed by atoms with E-state index in [0.29, 0.717) is 11.8 Å². The summed E-state index contributed by atoms with van der Waals surface area (Å²) < 4.78 is 5.55. The molecule has 0 radical (unpaired) electrons. The smallest absolute Gasteiger partial charge is 0.0772 e. The predicted octanol–water partition coefficient (Wildman–Crippen LogP) is 3.94. The van der Waals surface area contributed by atoms with Gasteiger partial charge < -0.3 is 9.64 Å². The number of anilines is 1. The van der Waals surface area contributed by atoms with Gasteiger partial charge in [0.1, 0.15) is 0 Å². The van der Waals surface area contributed by atoms with Gasteiger partial charge in [-0.05, 0) is 24.5 Å². The minimum Gasteiger partial charge on any atom is -0.379 e. The number of ether oxygens (including phenoxy) is 1. The van der Waals surface area contributed by atoms with Crippen molar-refractivity contribution in [1.82, 2.24) is 0 Å². The quantitative estimate of drug-likeness (QED) is 0.781. The molecule has 0 N–H and O–H groups in total. The van der Waals surface area contributed by atoms with Crippen LogP contribution < -0.4 is 4.90 Å². The second kappa shape index (κ2) is 6.14. The van der Waals surface area contributed by atoms with Gasteiger partial charge in [0.05, 0.1) is 12.0 Å². The summed E-state index contributed by atoms with van der Waals surface area (Å²) in [6.45, 7) is 4.18. The van der Waals surface area contributed by atoms with E-state index in [1.807, 2.05) is 12.1 Å². The third kappa shape index (κ3) is 2.76. The molecule has 2 rings (SSSR count). The van der Waals surface area contributed by atoms with Crippen molar-refractivity contribution < 1.29 is 4.74 Å². The number of benzene rings is 1. The maximum Gasteiger partial charge on any atom is 0.0772 e. The first-order chi connectivity index (χ1) is 8.67. The molecular weight excluding hydrogens is 269 g/mol. The number of rotatable bonds is 3. The minimum atomic E-state index is 0.279. The third-order valence-electron chi connectivity index (χ3n) is 3.76. The van der Waals surface area contributed by atoms with Gasteiger partial charge in [-0.15, -0.1) is 11.6 Å². The summed E-state index contributed by atoms with van der Waals surface area (Å²) >= 11 is 12.2. The summed E-state index contributed by atoms with van der Waals surface area (Å²) in [4.78, 5) is 2.33. The lowest BCUT2D eigenvalue weighted by atomic mass is 9.95. The summed E-state index contributed by atoms with van der Waals surface area (Å²) in [6.07, 6.45) is 1.41. The van der Waals surface area contributed by atoms with E-state index < -0.39 is 0 Å². The van der Waals surface area contributed by atoms with E-state index in [1.54, 1.807) is 7.11 Å². The van der Waals surface area contributed by atoms with Crippen molar-refractivity contribution in [2.24, 2.45) is 5.92 Å². The van der Waals surface area contributed by atoms with Crippen molar-refractivity contribution in [2.75, 3.05) is 25.1 Å². The molecular formula is C14H19Cl2NO. The molecule has 0 aromatic heterocycles. The normalized spacial score (nSPS) is 24.3. The van der Waals surface area contributed by atoms with Crippen LogP contribution in [0.5, 0.6) is 0 Å². The third-order valence-corrected chi connectivity index (χ3v) is 4.38. The van der Waals surface area contributed by atoms with Gasteiger partial charge in [-0.2, -0.15) is 0 Å². The average Bonchev–Trinajstić information content (AvgIpc) is 2.39. The molecule has 1 heterocycles. The van der Waals surface area contributed by atoms with Crippen LogP contribution in [0.1, 0.15) is 18.9 Å². The van der Waals surface area contributed by atoms with E-state index in [0.717, 1.165) is 35.8 Å². The van der Waals surface area contributed by atoms with Crippen molar-refractivity contribution in [1.29, 1.82) is 0 Å². The zero-order valence-electron chi connectivity index (χ0n) is 10.8. The van der Waals surface area contributed by atoms with E-state index in [4.69, 9.17) is 27.9 Å². The van der Waals surface area contributed by atoms with Gasteiger partial charge in [0.25, 0.3) is 0 Å². The maximum atomic E-state index is 6.21. The van der Waals surface area contributed by atoms with E-state index in [1.165, 1.54) is 0 Å². The summed E-state index contributed by atoms with van der Waals surface area (Å²) in [6, 6.07) is 5.96. The molecule has 0 amide bonds. The second-order valence-electron chi connectivity index (χ2n) is 4.86. The fourth-order valence-corrected chi connectivity index (χ4v) is 3.12. The highest BCUT2D eigenvalue weighted by molar-refractivity contribution is 6.32. The predicted molar refractivity (Wildman–Crippen MR) is 77.8 cm³/mol. The van der Waals surface area contributed by atoms with Crippen molar-refractivity contribution in [2.45, 2.75) is 25.3 Å². The van der Waals surface area contributed by atoms with E-state index in [-0.39, 0.29) is 6.10 Å². The molecule has 1 aliphatic heterocycles. The zero-order valence-corrected chi connectivity index (χ0v) is 12.3. The molecule has 1 aromatic rings. The van der Waals surface area contributed by atoms with E-state index in [9.17, 15) is 0 Å². The number of nitrogens with zero attached hydrogens (tertiary/aromatic N) is 1. The molecule has 2 unspecified atom stereocenters. The Hall–Kier alpha value is -0.440. The Morgan fingerprint density at radius 3 is 2.89 bits per heavy atom. The van der Waals surface area contributed by atoms with Crippen molar-refractivity contribution in [3.63, 3.8) is 0 Å². The lowest BCUT2D eigenvalue weighted by Crippen LogP contribution is -2.44. The first-order valence-electron chi connectivity index (χ1n) is 6.28. The molecule has 0 saturated carbocycles. The summed E-state index contributed by atoms with van der Waals surface area (Å²) in [7, 11) is 1.78. The number of alkyl halides is 1. The average molecular weight is 288 g/mol. The Labute approximate surface area is 119 Å². The molecule has 100 valence electrons. The molecule has 0 bridgehead atoms. The first kappa shape index (κ1) is 14.0. The van der Waals surface area contributed by atoms with Crippen LogP contribution in [0, 0.1) is 5.92 Å². The Morgan fingerprint density at radius 2 is 2.22 bits per heavy atom. The van der Waals surface area contributed by atoms with Gasteiger partial charge in [0.2, 0.25) is 0 Å². The monoisotopic (exact) mass is 287 g/mol. The van der Waals surface area contributed by atoms with Crippen molar-refractivity contribution in [3.05, 3.63) is 28.8 Å². The van der Waals surface area contributed by atoms with Gasteiger partial charge in [-0.3, -0.25) is 0 Å². The SMILES string of the molecule is COC1CN(c2cccc(Cl)c2CCl)CCC1C. The number of hydrogen-bond donors (Lipinski definition) is 0. The molecule has 0 spiro atoms. The van der Waals surface area contributed by atoms with Crippen LogP contribution in [-0.2, 0) is 10.6 Å². The van der Waals surface area contributed by atoms with Gasteiger partial charge in [0.15, 0.2) is 0 Å². The molecule has 2 nitrogen and oxygen atoms in total. The van der Waals surface area contributed by atoms with E-state index >= 15 is 0 Å². The molecule has 1 saturated heterocycles. The van der Waals surface area contributed by atoms with Crippen LogP contribution >= 0.6 is 23.2 Å². The summed E-state index contributed by atoms with van der Waals surface area (Å²) in [5.74, 6) is 1.04. The Kier molecular flexibility index (Phi) is 4.77. The second-order valence-corrected chi connectivity index (χ2v) is 5.53. The molecule has 2 atom stereocenters. The number of methoxy groups -OCH3 is 1. The highest BCUT2D eigenvalue weighted by Crippen LogP contribution is 2.32. The van der Waals surface area contributed by atoms with Crippen LogP contribution in [0.25, 0.3) is 0 Å². The molecule has 1 fully saturated rings. The lowest BCUT2D eigenvalue weighted by molar-refractivity contribution is 0.0498. The number of halogens is 2. The largest absolute Gasteiger partial charge is 0.379 e. The van der Waals surface area contributed by atoms with Crippen LogP contribution in [0.15, 0.2) is 18.2 Å². The topological polar surface area (TPSA) is 12.5 Å². The van der Waals surface area contributed by atoms with Crippen LogP contribution in [0.4, 0.5) is 5.69 Å². The highest BCUT2D eigenvalue weighted by Gasteiger charge is 2.27. The lowest BCUT2D eigenvalue weighted by Gasteiger charge is -2.38. The maximum absolute atomic E-state index is 6.21. The molecule has 18 heavy (non-hydrogen) atoms. The standard InChI is InChI=1S/C14H19Cl2NO/c1-10-6-7-17(9-14(10)18-2)13-5-3-4-12(16)11(13)8-15/h3-5,10,14H,6-9H2,1-2H3. The van der Waals surface area contributed by atoms with E-state index in [2.05, 4.69) is 17.9 Å². The zero-order chi connectivity index (χ0) is 13.1. The fraction of sp³-hybridized carbons (Fsp3) is 0.571. The highest BCUT2D eigenvalue weighted by atomic mass is 35.5. The molecule has 1 aliphatic rings. The van der Waals surface area contributed by atoms with Gasteiger partial charge in [-0.1, -0.05) is 24.6 Å². The Morgan fingerprint density at radius 1 is 1.44 bits per heavy atom. The summed E-state index contributed by atoms with van der Waals surface area (Å²) in [5, 5.41) is 0.745. The van der Waals surface area contributed by atoms with Crippen LogP contribution in [0.3, 0.4) is 0 Å². The number of hydrogen-bond acceptors (Lipinski definition) is 2. The molecule has 4 heteroatoms. The van der Waals surface area contributed by atoms with Gasteiger partial charge in [-0.25, -0.2) is 0 Å². The fourth-order valence-electron chi connectivity index (χ4n) is 2.54.